The molecule has 1 aromatic heterocycles. The van der Waals surface area contributed by atoms with Gasteiger partial charge in [0.1, 0.15) is 0 Å². The fourth-order valence-corrected chi connectivity index (χ4v) is 7.01. The highest BCUT2D eigenvalue weighted by atomic mass is 16.3. The lowest BCUT2D eigenvalue weighted by Gasteiger charge is -2.50. The van der Waals surface area contributed by atoms with Crippen molar-refractivity contribution in [2.75, 3.05) is 46.3 Å². The summed E-state index contributed by atoms with van der Waals surface area (Å²) in [6.07, 6.45) is 9.88. The summed E-state index contributed by atoms with van der Waals surface area (Å²) in [5.74, 6) is 0.728. The van der Waals surface area contributed by atoms with E-state index in [-0.39, 0.29) is 23.9 Å². The van der Waals surface area contributed by atoms with E-state index in [0.717, 1.165) is 25.1 Å². The maximum absolute atomic E-state index is 13.8. The predicted molar refractivity (Wildman–Crippen MR) is 165 cm³/mol. The lowest BCUT2D eigenvalue weighted by atomic mass is 9.69. The van der Waals surface area contributed by atoms with Crippen molar-refractivity contribution in [3.63, 3.8) is 0 Å². The Labute approximate surface area is 250 Å². The molecule has 2 aliphatic heterocycles. The molecule has 1 atom stereocenters. The number of aromatic nitrogens is 1. The van der Waals surface area contributed by atoms with Crippen LogP contribution >= 0.6 is 0 Å². The number of hydrogen-bond donors (Lipinski definition) is 1. The third kappa shape index (κ3) is 6.65. The van der Waals surface area contributed by atoms with Crippen LogP contribution in [-0.2, 0) is 11.3 Å². The van der Waals surface area contributed by atoms with Crippen LogP contribution in [-0.4, -0.2) is 88.1 Å². The Balaban J connectivity index is 1.35. The zero-order valence-corrected chi connectivity index (χ0v) is 25.7. The molecule has 1 N–H and O–H groups in total. The van der Waals surface area contributed by atoms with Gasteiger partial charge in [-0.25, -0.2) is 0 Å². The summed E-state index contributed by atoms with van der Waals surface area (Å²) in [6, 6.07) is 11.1. The van der Waals surface area contributed by atoms with Crippen molar-refractivity contribution in [3.8, 4) is 11.1 Å². The summed E-state index contributed by atoms with van der Waals surface area (Å²) in [4.78, 5) is 46.5. The van der Waals surface area contributed by atoms with Gasteiger partial charge in [-0.1, -0.05) is 76.3 Å². The Morgan fingerprint density at radius 3 is 2.31 bits per heavy atom. The van der Waals surface area contributed by atoms with E-state index in [1.165, 1.54) is 36.7 Å². The molecule has 2 amide bonds. The minimum absolute atomic E-state index is 0.0705. The Morgan fingerprint density at radius 1 is 0.952 bits per heavy atom. The molecular weight excluding hydrogens is 528 g/mol. The minimum Gasteiger partial charge on any atom is -0.387 e. The molecule has 42 heavy (non-hydrogen) atoms. The molecule has 228 valence electrons. The number of likely N-dealkylation sites (tertiary alicyclic amines) is 1. The van der Waals surface area contributed by atoms with Gasteiger partial charge in [-0.3, -0.25) is 14.4 Å². The van der Waals surface area contributed by atoms with Crippen molar-refractivity contribution in [3.05, 3.63) is 58.5 Å². The molecule has 1 saturated carbocycles. The molecule has 0 radical (unpaired) electrons. The van der Waals surface area contributed by atoms with Gasteiger partial charge in [0.15, 0.2) is 0 Å². The van der Waals surface area contributed by atoms with Crippen LogP contribution in [0.2, 0.25) is 0 Å². The number of likely N-dealkylation sites (N-methyl/N-ethyl adjacent to an activating group) is 1. The molecule has 1 unspecified atom stereocenters. The highest BCUT2D eigenvalue weighted by Gasteiger charge is 2.49. The molecule has 3 aliphatic rings. The molecule has 3 heterocycles. The Kier molecular flexibility index (Phi) is 9.23. The fourth-order valence-electron chi connectivity index (χ4n) is 7.01. The zero-order chi connectivity index (χ0) is 29.9. The molecule has 2 saturated heterocycles. The largest absolute Gasteiger partial charge is 0.387 e. The van der Waals surface area contributed by atoms with Gasteiger partial charge >= 0.3 is 0 Å². The molecular formula is C34H48N4O4. The number of carbonyl (C=O) groups is 2. The highest BCUT2D eigenvalue weighted by Crippen LogP contribution is 2.40. The summed E-state index contributed by atoms with van der Waals surface area (Å²) >= 11 is 0. The molecule has 5 rings (SSSR count). The van der Waals surface area contributed by atoms with Crippen LogP contribution in [0.25, 0.3) is 11.1 Å². The average molecular weight is 577 g/mol. The number of carbonyl (C=O) groups excluding carboxylic acids is 2. The fraction of sp³-hybridized carbons (Fsp3) is 0.618. The predicted octanol–water partition coefficient (Wildman–Crippen LogP) is 4.25. The van der Waals surface area contributed by atoms with Crippen LogP contribution in [0.15, 0.2) is 47.4 Å². The zero-order valence-electron chi connectivity index (χ0n) is 25.7. The van der Waals surface area contributed by atoms with Crippen molar-refractivity contribution >= 4 is 11.8 Å². The molecule has 0 spiro atoms. The summed E-state index contributed by atoms with van der Waals surface area (Å²) in [5.41, 5.74) is -0.186. The van der Waals surface area contributed by atoms with Crippen LogP contribution in [0.3, 0.4) is 0 Å². The first-order valence-corrected chi connectivity index (χ1v) is 15.8. The number of hydrogen-bond acceptors (Lipinski definition) is 5. The summed E-state index contributed by atoms with van der Waals surface area (Å²) in [6.45, 7) is 7.80. The van der Waals surface area contributed by atoms with Crippen LogP contribution in [0.4, 0.5) is 0 Å². The van der Waals surface area contributed by atoms with Gasteiger partial charge in [0, 0.05) is 68.9 Å². The topological polar surface area (TPSA) is 86.1 Å². The van der Waals surface area contributed by atoms with Crippen LogP contribution in [0, 0.1) is 11.3 Å². The van der Waals surface area contributed by atoms with Crippen molar-refractivity contribution in [1.82, 2.24) is 19.3 Å². The molecule has 0 bridgehead atoms. The number of benzene rings is 1. The number of nitrogens with zero attached hydrogens (tertiary/aromatic N) is 4. The Hall–Kier alpha value is -2.97. The monoisotopic (exact) mass is 576 g/mol. The van der Waals surface area contributed by atoms with Gasteiger partial charge in [0.25, 0.3) is 11.5 Å². The Morgan fingerprint density at radius 2 is 1.64 bits per heavy atom. The first-order valence-electron chi connectivity index (χ1n) is 15.8. The molecule has 8 heteroatoms. The average Bonchev–Trinajstić information content (AvgIpc) is 2.99. The number of piperazine rings is 1. The minimum atomic E-state index is -1.21. The maximum atomic E-state index is 13.8. The standard InChI is InChI=1S/C34H48N4O4/c1-33(2)24-37(30(39)15-14-26-10-6-4-7-11-26)17-16-34(33,42)25-38-23-29(32(41)36-20-18-35(3)19-21-36)28(22-31(38)40)27-12-8-5-9-13-27/h5,8-9,12-13,22-23,26,42H,4,6-7,10-11,14-21,24-25H2,1-3H3. The van der Waals surface area contributed by atoms with E-state index in [1.807, 2.05) is 54.0 Å². The van der Waals surface area contributed by atoms with E-state index in [2.05, 4.69) is 11.9 Å². The van der Waals surface area contributed by atoms with Gasteiger partial charge in [-0.05, 0) is 31.4 Å². The lowest BCUT2D eigenvalue weighted by molar-refractivity contribution is -0.154. The van der Waals surface area contributed by atoms with Gasteiger partial charge in [0.05, 0.1) is 17.7 Å². The van der Waals surface area contributed by atoms with Gasteiger partial charge in [0.2, 0.25) is 5.91 Å². The second kappa shape index (κ2) is 12.7. The second-order valence-electron chi connectivity index (χ2n) is 13.6. The van der Waals surface area contributed by atoms with Gasteiger partial charge < -0.3 is 24.4 Å². The van der Waals surface area contributed by atoms with E-state index >= 15 is 0 Å². The van der Waals surface area contributed by atoms with Crippen LogP contribution in [0.1, 0.15) is 75.6 Å². The van der Waals surface area contributed by atoms with Crippen LogP contribution in [0.5, 0.6) is 0 Å². The quantitative estimate of drug-likeness (QED) is 0.533. The number of rotatable bonds is 7. The SMILES string of the molecule is CN1CCN(C(=O)c2cn(CC3(O)CCN(C(=O)CCC4CCCCC4)CC3(C)C)c(=O)cc2-c2ccccc2)CC1. The smallest absolute Gasteiger partial charge is 0.256 e. The number of amides is 2. The normalized spacial score (nSPS) is 23.6. The summed E-state index contributed by atoms with van der Waals surface area (Å²) in [7, 11) is 2.05. The van der Waals surface area contributed by atoms with Gasteiger partial charge in [-0.15, -0.1) is 0 Å². The van der Waals surface area contributed by atoms with E-state index < -0.39 is 11.0 Å². The number of piperidine rings is 1. The van der Waals surface area contributed by atoms with E-state index in [9.17, 15) is 19.5 Å². The third-order valence-corrected chi connectivity index (χ3v) is 10.1. The lowest BCUT2D eigenvalue weighted by Crippen LogP contribution is -2.60. The van der Waals surface area contributed by atoms with Crippen LogP contribution < -0.4 is 5.56 Å². The van der Waals surface area contributed by atoms with Crippen molar-refractivity contribution in [1.29, 1.82) is 0 Å². The highest BCUT2D eigenvalue weighted by molar-refractivity contribution is 6.00. The number of aliphatic hydroxyl groups is 1. The third-order valence-electron chi connectivity index (χ3n) is 10.1. The van der Waals surface area contributed by atoms with E-state index in [0.29, 0.717) is 56.1 Å². The summed E-state index contributed by atoms with van der Waals surface area (Å²) < 4.78 is 1.51. The van der Waals surface area contributed by atoms with E-state index in [4.69, 9.17) is 0 Å². The molecule has 1 aromatic carbocycles. The van der Waals surface area contributed by atoms with E-state index in [1.54, 1.807) is 12.3 Å². The maximum Gasteiger partial charge on any atom is 0.256 e. The first kappa shape index (κ1) is 30.5. The molecule has 1 aliphatic carbocycles. The van der Waals surface area contributed by atoms with Gasteiger partial charge in [-0.2, -0.15) is 0 Å². The second-order valence-corrected chi connectivity index (χ2v) is 13.6. The summed E-state index contributed by atoms with van der Waals surface area (Å²) in [5, 5.41) is 12.0. The first-order chi connectivity index (χ1) is 20.1. The van der Waals surface area contributed by atoms with Crippen molar-refractivity contribution in [2.45, 2.75) is 77.4 Å². The van der Waals surface area contributed by atoms with Crippen molar-refractivity contribution < 1.29 is 14.7 Å². The molecule has 8 nitrogen and oxygen atoms in total. The Bertz CT molecular complexity index is 1310. The van der Waals surface area contributed by atoms with Crippen molar-refractivity contribution in [2.24, 2.45) is 11.3 Å². The molecule has 3 fully saturated rings. The molecule has 2 aromatic rings. The number of pyridine rings is 1.